The number of carbonyl (C=O) groups is 1. The number of carboxylic acid groups (broad SMARTS) is 1. The van der Waals surface area contributed by atoms with Crippen LogP contribution in [0, 0.1) is 16.7 Å². The van der Waals surface area contributed by atoms with Gasteiger partial charge in [0.2, 0.25) is 0 Å². The van der Waals surface area contributed by atoms with Gasteiger partial charge in [-0.2, -0.15) is 14.0 Å². The number of halogens is 2. The quantitative estimate of drug-likeness (QED) is 0.592. The topological polar surface area (TPSA) is 88.2 Å². The molecule has 5 nitrogen and oxygen atoms in total. The van der Waals surface area contributed by atoms with Crippen LogP contribution in [0.3, 0.4) is 0 Å². The van der Waals surface area contributed by atoms with Gasteiger partial charge in [-0.05, 0) is 0 Å². The van der Waals surface area contributed by atoms with Crippen LogP contribution in [0.5, 0.6) is 0 Å². The Labute approximate surface area is 71.0 Å². The summed E-state index contributed by atoms with van der Waals surface area (Å²) < 4.78 is 25.3. The van der Waals surface area contributed by atoms with Gasteiger partial charge in [0.15, 0.2) is 5.84 Å². The SMILES string of the molecule is N#CC1=CC(F)(F)C(=N)N1C(=O)O. The van der Waals surface area contributed by atoms with Gasteiger partial charge in [-0.3, -0.25) is 5.41 Å². The molecule has 13 heavy (non-hydrogen) atoms. The predicted octanol–water partition coefficient (Wildman–Crippen LogP) is 1.00. The van der Waals surface area contributed by atoms with Crippen LogP contribution in [-0.4, -0.2) is 27.9 Å². The fourth-order valence-corrected chi connectivity index (χ4v) is 0.855. The molecule has 0 spiro atoms. The number of nitrogens with zero attached hydrogens (tertiary/aromatic N) is 2. The van der Waals surface area contributed by atoms with E-state index in [1.807, 2.05) is 0 Å². The highest BCUT2D eigenvalue weighted by Crippen LogP contribution is 2.30. The minimum atomic E-state index is -3.68. The number of hydrogen-bond acceptors (Lipinski definition) is 3. The molecule has 1 rings (SSSR count). The molecule has 1 aliphatic heterocycles. The number of nitriles is 1. The van der Waals surface area contributed by atoms with Crippen LogP contribution in [0.4, 0.5) is 13.6 Å². The molecule has 7 heteroatoms. The Hall–Kier alpha value is -1.97. The number of amidine groups is 1. The van der Waals surface area contributed by atoms with Crippen LogP contribution in [0.1, 0.15) is 0 Å². The van der Waals surface area contributed by atoms with Crippen molar-refractivity contribution in [3.05, 3.63) is 11.8 Å². The van der Waals surface area contributed by atoms with Gasteiger partial charge < -0.3 is 5.11 Å². The van der Waals surface area contributed by atoms with E-state index >= 15 is 0 Å². The molecule has 2 N–H and O–H groups in total. The Kier molecular flexibility index (Phi) is 1.77. The summed E-state index contributed by atoms with van der Waals surface area (Å²) in [6.07, 6.45) is -1.63. The van der Waals surface area contributed by atoms with Crippen LogP contribution in [0.25, 0.3) is 0 Å². The Morgan fingerprint density at radius 3 is 2.62 bits per heavy atom. The van der Waals surface area contributed by atoms with E-state index in [1.165, 1.54) is 6.07 Å². The molecule has 0 bridgehead atoms. The highest BCUT2D eigenvalue weighted by molar-refractivity contribution is 6.03. The maximum absolute atomic E-state index is 12.6. The Balaban J connectivity index is 3.17. The fourth-order valence-electron chi connectivity index (χ4n) is 0.855. The second kappa shape index (κ2) is 2.52. The molecule has 68 valence electrons. The van der Waals surface area contributed by atoms with Crippen molar-refractivity contribution >= 4 is 11.9 Å². The largest absolute Gasteiger partial charge is 0.464 e. The molecule has 0 fully saturated rings. The summed E-state index contributed by atoms with van der Waals surface area (Å²) in [5.41, 5.74) is -0.748. The Bertz CT molecular complexity index is 355. The van der Waals surface area contributed by atoms with Crippen molar-refractivity contribution in [1.82, 2.24) is 4.90 Å². The monoisotopic (exact) mass is 187 g/mol. The van der Waals surface area contributed by atoms with Crippen molar-refractivity contribution < 1.29 is 18.7 Å². The van der Waals surface area contributed by atoms with Crippen molar-refractivity contribution in [2.45, 2.75) is 5.92 Å². The van der Waals surface area contributed by atoms with Crippen LogP contribution in [0.15, 0.2) is 11.8 Å². The van der Waals surface area contributed by atoms with Crippen molar-refractivity contribution in [1.29, 1.82) is 10.7 Å². The smallest absolute Gasteiger partial charge is 0.418 e. The molecule has 0 atom stereocenters. The molecule has 0 aliphatic carbocycles. The first-order valence-corrected chi connectivity index (χ1v) is 3.03. The summed E-state index contributed by atoms with van der Waals surface area (Å²) >= 11 is 0. The lowest BCUT2D eigenvalue weighted by atomic mass is 10.3. The minimum Gasteiger partial charge on any atom is -0.464 e. The summed E-state index contributed by atoms with van der Waals surface area (Å²) in [4.78, 5) is 10.3. The molecular weight excluding hydrogens is 184 g/mol. The summed E-state index contributed by atoms with van der Waals surface area (Å²) in [5, 5.41) is 23.4. The average Bonchev–Trinajstić information content (AvgIpc) is 2.23. The third-order valence-electron chi connectivity index (χ3n) is 1.40. The van der Waals surface area contributed by atoms with Crippen molar-refractivity contribution in [3.63, 3.8) is 0 Å². The molecule has 0 saturated heterocycles. The molecule has 0 aromatic rings. The maximum atomic E-state index is 12.6. The normalized spacial score (nSPS) is 19.6. The highest BCUT2D eigenvalue weighted by atomic mass is 19.3. The summed E-state index contributed by atoms with van der Waals surface area (Å²) in [6, 6.07) is 1.27. The predicted molar refractivity (Wildman–Crippen MR) is 36.2 cm³/mol. The first kappa shape index (κ1) is 9.12. The number of nitrogens with one attached hydrogen (secondary N) is 1. The molecule has 0 radical (unpaired) electrons. The third kappa shape index (κ3) is 1.22. The first-order valence-electron chi connectivity index (χ1n) is 3.03. The number of hydrogen-bond donors (Lipinski definition) is 2. The van der Waals surface area contributed by atoms with Crippen LogP contribution < -0.4 is 0 Å². The van der Waals surface area contributed by atoms with Gasteiger partial charge in [-0.25, -0.2) is 9.69 Å². The Morgan fingerprint density at radius 2 is 2.31 bits per heavy atom. The molecule has 1 amide bonds. The lowest BCUT2D eigenvalue weighted by molar-refractivity contribution is 0.126. The van der Waals surface area contributed by atoms with Crippen molar-refractivity contribution in [2.24, 2.45) is 0 Å². The maximum Gasteiger partial charge on any atom is 0.418 e. The van der Waals surface area contributed by atoms with Gasteiger partial charge in [0.05, 0.1) is 0 Å². The number of rotatable bonds is 0. The van der Waals surface area contributed by atoms with E-state index in [1.54, 1.807) is 0 Å². The molecule has 0 aromatic carbocycles. The van der Waals surface area contributed by atoms with Gasteiger partial charge in [-0.1, -0.05) is 0 Å². The van der Waals surface area contributed by atoms with Gasteiger partial charge >= 0.3 is 12.0 Å². The zero-order chi connectivity index (χ0) is 10.2. The standard InChI is InChI=1S/C6H3F2N3O2/c7-6(8)1-3(2-9)11(4(6)10)5(12)13/h1,10H,(H,12,13). The second-order valence-electron chi connectivity index (χ2n) is 2.23. The van der Waals surface area contributed by atoms with Crippen LogP contribution in [0.2, 0.25) is 0 Å². The van der Waals surface area contributed by atoms with Crippen molar-refractivity contribution in [3.8, 4) is 6.07 Å². The number of amides is 1. The van der Waals surface area contributed by atoms with Gasteiger partial charge in [0.25, 0.3) is 0 Å². The summed E-state index contributed by atoms with van der Waals surface area (Å²) in [6.45, 7) is 0. The zero-order valence-corrected chi connectivity index (χ0v) is 6.08. The lowest BCUT2D eigenvalue weighted by Crippen LogP contribution is -2.37. The number of allylic oxidation sites excluding steroid dienone is 1. The van der Waals surface area contributed by atoms with Gasteiger partial charge in [-0.15, -0.1) is 0 Å². The zero-order valence-electron chi connectivity index (χ0n) is 6.08. The van der Waals surface area contributed by atoms with Crippen molar-refractivity contribution in [2.75, 3.05) is 0 Å². The minimum absolute atomic E-state index is 0.0556. The van der Waals surface area contributed by atoms with E-state index < -0.39 is 23.5 Å². The molecule has 1 heterocycles. The average molecular weight is 187 g/mol. The van der Waals surface area contributed by atoms with E-state index in [4.69, 9.17) is 15.8 Å². The summed E-state index contributed by atoms with van der Waals surface area (Å²) in [7, 11) is 0. The first-order chi connectivity index (χ1) is 5.90. The van der Waals surface area contributed by atoms with E-state index in [0.717, 1.165) is 0 Å². The molecule has 0 unspecified atom stereocenters. The lowest BCUT2D eigenvalue weighted by Gasteiger charge is -2.13. The molecular formula is C6H3F2N3O2. The van der Waals surface area contributed by atoms with E-state index in [-0.39, 0.29) is 11.0 Å². The molecule has 0 aromatic heterocycles. The highest BCUT2D eigenvalue weighted by Gasteiger charge is 2.47. The third-order valence-corrected chi connectivity index (χ3v) is 1.40. The van der Waals surface area contributed by atoms with Crippen LogP contribution in [-0.2, 0) is 0 Å². The van der Waals surface area contributed by atoms with E-state index in [0.29, 0.717) is 0 Å². The van der Waals surface area contributed by atoms with E-state index in [2.05, 4.69) is 0 Å². The van der Waals surface area contributed by atoms with Gasteiger partial charge in [0, 0.05) is 6.08 Å². The van der Waals surface area contributed by atoms with E-state index in [9.17, 15) is 13.6 Å². The Morgan fingerprint density at radius 1 is 1.77 bits per heavy atom. The molecule has 0 saturated carbocycles. The number of alkyl halides is 2. The second-order valence-corrected chi connectivity index (χ2v) is 2.23. The summed E-state index contributed by atoms with van der Waals surface area (Å²) in [5.74, 6) is -5.10. The van der Waals surface area contributed by atoms with Gasteiger partial charge in [0.1, 0.15) is 11.8 Å². The molecule has 1 aliphatic rings. The fraction of sp³-hybridized carbons (Fsp3) is 0.167. The van der Waals surface area contributed by atoms with Crippen LogP contribution >= 0.6 is 0 Å².